The molecule has 1 aliphatic rings. The van der Waals surface area contributed by atoms with Crippen LogP contribution in [0, 0.1) is 5.92 Å². The molecule has 0 spiro atoms. The van der Waals surface area contributed by atoms with Crippen LogP contribution in [0.2, 0.25) is 0 Å². The summed E-state index contributed by atoms with van der Waals surface area (Å²) < 4.78 is 2.01. The Hall–Kier alpha value is -0.940. The highest BCUT2D eigenvalue weighted by Gasteiger charge is 2.29. The van der Waals surface area contributed by atoms with Crippen molar-refractivity contribution in [2.24, 2.45) is 5.92 Å². The Morgan fingerprint density at radius 3 is 2.85 bits per heavy atom. The molecule has 0 saturated carbocycles. The second-order valence-electron chi connectivity index (χ2n) is 6.12. The fourth-order valence-electron chi connectivity index (χ4n) is 3.00. The molecule has 5 heteroatoms. The molecule has 0 radical (unpaired) electrons. The van der Waals surface area contributed by atoms with Gasteiger partial charge in [-0.25, -0.2) is 9.67 Å². The summed E-state index contributed by atoms with van der Waals surface area (Å²) in [5, 5.41) is 8.00. The minimum atomic E-state index is 0.584. The summed E-state index contributed by atoms with van der Waals surface area (Å²) in [4.78, 5) is 7.03. The Morgan fingerprint density at radius 1 is 1.40 bits per heavy atom. The predicted molar refractivity (Wildman–Crippen MR) is 81.4 cm³/mol. The first-order valence-corrected chi connectivity index (χ1v) is 7.99. The Bertz CT molecular complexity index is 401. The van der Waals surface area contributed by atoms with Crippen molar-refractivity contribution in [2.75, 3.05) is 13.1 Å². The quantitative estimate of drug-likeness (QED) is 0.864. The number of aryl methyl sites for hydroxylation is 1. The number of hydrogen-bond donors (Lipinski definition) is 1. The van der Waals surface area contributed by atoms with Crippen molar-refractivity contribution in [3.8, 4) is 0 Å². The first-order valence-electron chi connectivity index (χ1n) is 7.99. The Kier molecular flexibility index (Phi) is 5.54. The second kappa shape index (κ2) is 7.18. The summed E-state index contributed by atoms with van der Waals surface area (Å²) in [5.74, 6) is 1.77. The van der Waals surface area contributed by atoms with Crippen LogP contribution in [0.3, 0.4) is 0 Å². The summed E-state index contributed by atoms with van der Waals surface area (Å²) in [6.07, 6.45) is 4.16. The molecule has 1 aromatic rings. The molecule has 2 unspecified atom stereocenters. The van der Waals surface area contributed by atoms with Crippen LogP contribution in [0.15, 0.2) is 6.33 Å². The number of nitrogens with zero attached hydrogens (tertiary/aromatic N) is 4. The summed E-state index contributed by atoms with van der Waals surface area (Å²) >= 11 is 0. The van der Waals surface area contributed by atoms with E-state index in [0.717, 1.165) is 32.0 Å². The highest BCUT2D eigenvalue weighted by atomic mass is 15.4. The molecule has 1 fully saturated rings. The van der Waals surface area contributed by atoms with Crippen LogP contribution in [-0.4, -0.2) is 44.8 Å². The van der Waals surface area contributed by atoms with E-state index in [1.807, 2.05) is 4.68 Å². The van der Waals surface area contributed by atoms with Crippen molar-refractivity contribution in [3.05, 3.63) is 12.2 Å². The van der Waals surface area contributed by atoms with Gasteiger partial charge in [-0.15, -0.1) is 0 Å². The fourth-order valence-corrected chi connectivity index (χ4v) is 3.00. The fraction of sp³-hybridized carbons (Fsp3) is 0.867. The molecular weight excluding hydrogens is 250 g/mol. The molecule has 1 aromatic heterocycles. The molecule has 2 heterocycles. The highest BCUT2D eigenvalue weighted by molar-refractivity contribution is 4.92. The first-order chi connectivity index (χ1) is 9.65. The lowest BCUT2D eigenvalue weighted by molar-refractivity contribution is 0.0956. The van der Waals surface area contributed by atoms with Crippen LogP contribution in [0.1, 0.15) is 46.4 Å². The van der Waals surface area contributed by atoms with Crippen molar-refractivity contribution >= 4 is 0 Å². The number of nitrogens with one attached hydrogen (secondary N) is 1. The van der Waals surface area contributed by atoms with E-state index >= 15 is 0 Å². The third-order valence-corrected chi connectivity index (χ3v) is 4.33. The molecule has 5 nitrogen and oxygen atoms in total. The van der Waals surface area contributed by atoms with Gasteiger partial charge in [0, 0.05) is 31.7 Å². The zero-order chi connectivity index (χ0) is 14.5. The minimum absolute atomic E-state index is 0.584. The predicted octanol–water partition coefficient (Wildman–Crippen LogP) is 1.90. The van der Waals surface area contributed by atoms with Gasteiger partial charge in [-0.2, -0.15) is 5.10 Å². The maximum Gasteiger partial charge on any atom is 0.141 e. The molecule has 2 rings (SSSR count). The molecule has 0 amide bonds. The molecule has 20 heavy (non-hydrogen) atoms. The number of hydrogen-bond acceptors (Lipinski definition) is 4. The van der Waals surface area contributed by atoms with Gasteiger partial charge >= 0.3 is 0 Å². The van der Waals surface area contributed by atoms with Crippen LogP contribution >= 0.6 is 0 Å². The van der Waals surface area contributed by atoms with Crippen LogP contribution in [0.5, 0.6) is 0 Å². The third kappa shape index (κ3) is 3.58. The van der Waals surface area contributed by atoms with E-state index in [0.29, 0.717) is 18.0 Å². The maximum atomic E-state index is 4.44. The normalized spacial score (nSPS) is 24.4. The van der Waals surface area contributed by atoms with E-state index in [1.54, 1.807) is 6.33 Å². The third-order valence-electron chi connectivity index (χ3n) is 4.33. The summed E-state index contributed by atoms with van der Waals surface area (Å²) in [5.41, 5.74) is 0. The molecule has 0 aromatic carbocycles. The van der Waals surface area contributed by atoms with Crippen LogP contribution in [-0.2, 0) is 13.1 Å². The second-order valence-corrected chi connectivity index (χ2v) is 6.12. The van der Waals surface area contributed by atoms with Gasteiger partial charge in [0.05, 0.1) is 6.54 Å². The Balaban J connectivity index is 2.06. The van der Waals surface area contributed by atoms with Crippen LogP contribution in [0.25, 0.3) is 0 Å². The molecule has 114 valence electrons. The molecule has 0 aliphatic carbocycles. The van der Waals surface area contributed by atoms with E-state index in [4.69, 9.17) is 0 Å². The summed E-state index contributed by atoms with van der Waals surface area (Å²) in [7, 11) is 0. The first kappa shape index (κ1) is 15.4. The van der Waals surface area contributed by atoms with Gasteiger partial charge in [0.15, 0.2) is 0 Å². The van der Waals surface area contributed by atoms with Gasteiger partial charge < -0.3 is 5.32 Å². The van der Waals surface area contributed by atoms with Gasteiger partial charge in [-0.05, 0) is 19.3 Å². The van der Waals surface area contributed by atoms with Gasteiger partial charge in [-0.1, -0.05) is 27.2 Å². The van der Waals surface area contributed by atoms with Gasteiger partial charge in [0.1, 0.15) is 12.2 Å². The molecule has 2 atom stereocenters. The largest absolute Gasteiger partial charge is 0.311 e. The molecule has 1 aliphatic heterocycles. The van der Waals surface area contributed by atoms with Crippen molar-refractivity contribution in [1.82, 2.24) is 25.0 Å². The van der Waals surface area contributed by atoms with Crippen molar-refractivity contribution < 1.29 is 0 Å². The average molecular weight is 279 g/mol. The highest BCUT2D eigenvalue weighted by Crippen LogP contribution is 2.18. The van der Waals surface area contributed by atoms with Gasteiger partial charge in [0.2, 0.25) is 0 Å². The van der Waals surface area contributed by atoms with Crippen LogP contribution in [0.4, 0.5) is 0 Å². The number of aromatic nitrogens is 3. The zero-order valence-corrected chi connectivity index (χ0v) is 13.3. The van der Waals surface area contributed by atoms with Gasteiger partial charge in [-0.3, -0.25) is 4.90 Å². The Labute approximate surface area is 122 Å². The topological polar surface area (TPSA) is 46.0 Å². The number of rotatable bonds is 6. The van der Waals surface area contributed by atoms with E-state index in [1.165, 1.54) is 12.8 Å². The standard InChI is InChI=1S/C15H29N5/c1-5-7-13-8-16-14(12(3)4)9-19(13)10-15-17-11-18-20(15)6-2/h11-14,16H,5-10H2,1-4H3. The van der Waals surface area contributed by atoms with E-state index in [2.05, 4.69) is 48.0 Å². The summed E-state index contributed by atoms with van der Waals surface area (Å²) in [6.45, 7) is 13.0. The van der Waals surface area contributed by atoms with E-state index in [9.17, 15) is 0 Å². The van der Waals surface area contributed by atoms with E-state index < -0.39 is 0 Å². The SMILES string of the molecule is CCCC1CNC(C(C)C)CN1Cc1ncnn1CC. The van der Waals surface area contributed by atoms with Crippen molar-refractivity contribution in [1.29, 1.82) is 0 Å². The maximum absolute atomic E-state index is 4.44. The lowest BCUT2D eigenvalue weighted by atomic mass is 9.97. The van der Waals surface area contributed by atoms with Crippen LogP contribution < -0.4 is 5.32 Å². The smallest absolute Gasteiger partial charge is 0.141 e. The molecule has 1 saturated heterocycles. The van der Waals surface area contributed by atoms with Crippen molar-refractivity contribution in [2.45, 2.75) is 65.7 Å². The lowest BCUT2D eigenvalue weighted by Crippen LogP contribution is -2.57. The monoisotopic (exact) mass is 279 g/mol. The Morgan fingerprint density at radius 2 is 2.20 bits per heavy atom. The molecule has 0 bridgehead atoms. The number of piperazine rings is 1. The minimum Gasteiger partial charge on any atom is -0.311 e. The van der Waals surface area contributed by atoms with Crippen molar-refractivity contribution in [3.63, 3.8) is 0 Å². The molecular formula is C15H29N5. The summed E-state index contributed by atoms with van der Waals surface area (Å²) in [6, 6.07) is 1.21. The molecule has 1 N–H and O–H groups in total. The van der Waals surface area contributed by atoms with Gasteiger partial charge in [0.25, 0.3) is 0 Å². The zero-order valence-electron chi connectivity index (χ0n) is 13.3. The average Bonchev–Trinajstić information content (AvgIpc) is 2.88. The van der Waals surface area contributed by atoms with E-state index in [-0.39, 0.29) is 0 Å². The lowest BCUT2D eigenvalue weighted by Gasteiger charge is -2.41.